The SMILES string of the molecule is CN1CCc2c(CC(=O)O)n[nH]c2C1. The second-order valence-electron chi connectivity index (χ2n) is 3.69. The number of nitrogens with one attached hydrogen (secondary N) is 1. The van der Waals surface area contributed by atoms with Crippen LogP contribution in [-0.2, 0) is 24.2 Å². The van der Waals surface area contributed by atoms with Crippen molar-refractivity contribution in [3.63, 3.8) is 0 Å². The van der Waals surface area contributed by atoms with Gasteiger partial charge in [-0.05, 0) is 19.0 Å². The lowest BCUT2D eigenvalue weighted by atomic mass is 10.0. The number of likely N-dealkylation sites (N-methyl/N-ethyl adjacent to an activating group) is 1. The molecule has 0 amide bonds. The first kappa shape index (κ1) is 9.21. The van der Waals surface area contributed by atoms with Crippen molar-refractivity contribution in [2.45, 2.75) is 19.4 Å². The molecule has 1 aliphatic rings. The van der Waals surface area contributed by atoms with Gasteiger partial charge in [-0.25, -0.2) is 0 Å². The van der Waals surface area contributed by atoms with E-state index in [9.17, 15) is 4.79 Å². The number of carboxylic acids is 1. The van der Waals surface area contributed by atoms with E-state index in [0.717, 1.165) is 30.8 Å². The van der Waals surface area contributed by atoms with Gasteiger partial charge in [0.25, 0.3) is 0 Å². The quantitative estimate of drug-likeness (QED) is 0.698. The van der Waals surface area contributed by atoms with Gasteiger partial charge in [0.05, 0.1) is 17.8 Å². The molecule has 0 bridgehead atoms. The molecule has 0 saturated heterocycles. The second kappa shape index (κ2) is 3.42. The molecule has 1 aliphatic heterocycles. The lowest BCUT2D eigenvalue weighted by Crippen LogP contribution is -2.26. The van der Waals surface area contributed by atoms with E-state index in [4.69, 9.17) is 5.11 Å². The van der Waals surface area contributed by atoms with E-state index in [2.05, 4.69) is 15.1 Å². The third kappa shape index (κ3) is 1.63. The van der Waals surface area contributed by atoms with Gasteiger partial charge in [-0.15, -0.1) is 0 Å². The van der Waals surface area contributed by atoms with Crippen LogP contribution in [0.3, 0.4) is 0 Å². The average Bonchev–Trinajstić information content (AvgIpc) is 2.47. The van der Waals surface area contributed by atoms with Crippen LogP contribution < -0.4 is 0 Å². The summed E-state index contributed by atoms with van der Waals surface area (Å²) in [7, 11) is 2.04. The molecule has 0 aromatic carbocycles. The van der Waals surface area contributed by atoms with Gasteiger partial charge in [0, 0.05) is 13.1 Å². The summed E-state index contributed by atoms with van der Waals surface area (Å²) in [6.07, 6.45) is 0.917. The predicted molar refractivity (Wildman–Crippen MR) is 50.0 cm³/mol. The molecule has 0 aliphatic carbocycles. The number of aromatic nitrogens is 2. The summed E-state index contributed by atoms with van der Waals surface area (Å²) in [6.45, 7) is 1.81. The van der Waals surface area contributed by atoms with E-state index >= 15 is 0 Å². The third-order valence-electron chi connectivity index (χ3n) is 2.53. The normalized spacial score (nSPS) is 16.6. The van der Waals surface area contributed by atoms with Gasteiger partial charge in [-0.2, -0.15) is 5.10 Å². The van der Waals surface area contributed by atoms with Crippen LogP contribution in [0.25, 0.3) is 0 Å². The molecule has 2 N–H and O–H groups in total. The first-order valence-electron chi connectivity index (χ1n) is 4.62. The maximum Gasteiger partial charge on any atom is 0.309 e. The maximum absolute atomic E-state index is 10.6. The van der Waals surface area contributed by atoms with Crippen molar-refractivity contribution in [2.24, 2.45) is 0 Å². The minimum atomic E-state index is -0.821. The van der Waals surface area contributed by atoms with Crippen molar-refractivity contribution in [1.82, 2.24) is 15.1 Å². The number of H-pyrrole nitrogens is 1. The molecule has 0 spiro atoms. The van der Waals surface area contributed by atoms with Gasteiger partial charge in [-0.3, -0.25) is 9.89 Å². The molecule has 0 radical (unpaired) electrons. The van der Waals surface area contributed by atoms with E-state index in [1.54, 1.807) is 0 Å². The van der Waals surface area contributed by atoms with E-state index in [0.29, 0.717) is 5.69 Å². The Kier molecular flexibility index (Phi) is 2.25. The van der Waals surface area contributed by atoms with Gasteiger partial charge in [0.15, 0.2) is 0 Å². The molecule has 76 valence electrons. The molecule has 0 unspecified atom stereocenters. The average molecular weight is 195 g/mol. The van der Waals surface area contributed by atoms with Crippen LogP contribution in [0.15, 0.2) is 0 Å². The first-order valence-corrected chi connectivity index (χ1v) is 4.62. The van der Waals surface area contributed by atoms with Crippen molar-refractivity contribution in [1.29, 1.82) is 0 Å². The zero-order chi connectivity index (χ0) is 10.1. The topological polar surface area (TPSA) is 69.2 Å². The van der Waals surface area contributed by atoms with E-state index < -0.39 is 5.97 Å². The number of aliphatic carboxylic acids is 1. The minimum Gasteiger partial charge on any atom is -0.481 e. The highest BCUT2D eigenvalue weighted by atomic mass is 16.4. The molecule has 0 fully saturated rings. The highest BCUT2D eigenvalue weighted by Gasteiger charge is 2.20. The van der Waals surface area contributed by atoms with Crippen LogP contribution in [0, 0.1) is 0 Å². The zero-order valence-electron chi connectivity index (χ0n) is 8.08. The summed E-state index contributed by atoms with van der Waals surface area (Å²) >= 11 is 0. The Morgan fingerprint density at radius 3 is 3.21 bits per heavy atom. The van der Waals surface area contributed by atoms with Crippen molar-refractivity contribution >= 4 is 5.97 Å². The number of rotatable bonds is 2. The minimum absolute atomic E-state index is 0.0234. The van der Waals surface area contributed by atoms with Crippen LogP contribution in [0.1, 0.15) is 17.0 Å². The van der Waals surface area contributed by atoms with E-state index in [1.165, 1.54) is 0 Å². The van der Waals surface area contributed by atoms with Crippen LogP contribution in [-0.4, -0.2) is 39.8 Å². The fraction of sp³-hybridized carbons (Fsp3) is 0.556. The highest BCUT2D eigenvalue weighted by molar-refractivity contribution is 5.70. The smallest absolute Gasteiger partial charge is 0.309 e. The Morgan fingerprint density at radius 2 is 2.50 bits per heavy atom. The molecule has 5 nitrogen and oxygen atoms in total. The summed E-state index contributed by atoms with van der Waals surface area (Å²) in [4.78, 5) is 12.7. The van der Waals surface area contributed by atoms with Crippen molar-refractivity contribution in [2.75, 3.05) is 13.6 Å². The van der Waals surface area contributed by atoms with Crippen LogP contribution in [0.4, 0.5) is 0 Å². The third-order valence-corrected chi connectivity index (χ3v) is 2.53. The molecule has 5 heteroatoms. The lowest BCUT2D eigenvalue weighted by Gasteiger charge is -2.21. The van der Waals surface area contributed by atoms with Gasteiger partial charge in [-0.1, -0.05) is 0 Å². The monoisotopic (exact) mass is 195 g/mol. The number of carboxylic acid groups (broad SMARTS) is 1. The number of fused-ring (bicyclic) bond motifs is 1. The first-order chi connectivity index (χ1) is 6.66. The van der Waals surface area contributed by atoms with Crippen molar-refractivity contribution in [3.8, 4) is 0 Å². The standard InChI is InChI=1S/C9H13N3O2/c1-12-3-2-6-7(4-9(13)14)10-11-8(6)5-12/h2-5H2,1H3,(H,10,11)(H,13,14). The number of hydrogen-bond donors (Lipinski definition) is 2. The number of carbonyl (C=O) groups is 1. The highest BCUT2D eigenvalue weighted by Crippen LogP contribution is 2.19. The molecule has 2 rings (SSSR count). The van der Waals surface area contributed by atoms with Crippen molar-refractivity contribution in [3.05, 3.63) is 17.0 Å². The summed E-state index contributed by atoms with van der Waals surface area (Å²) in [5, 5.41) is 15.6. The number of aromatic amines is 1. The molecule has 14 heavy (non-hydrogen) atoms. The number of nitrogens with zero attached hydrogens (tertiary/aromatic N) is 2. The van der Waals surface area contributed by atoms with Crippen molar-refractivity contribution < 1.29 is 9.90 Å². The molecule has 2 heterocycles. The molecular weight excluding hydrogens is 182 g/mol. The van der Waals surface area contributed by atoms with Gasteiger partial charge < -0.3 is 10.0 Å². The van der Waals surface area contributed by atoms with E-state index in [-0.39, 0.29) is 6.42 Å². The van der Waals surface area contributed by atoms with E-state index in [1.807, 2.05) is 7.05 Å². The molecule has 1 aromatic rings. The molecule has 1 aromatic heterocycles. The maximum atomic E-state index is 10.6. The Morgan fingerprint density at radius 1 is 1.71 bits per heavy atom. The largest absolute Gasteiger partial charge is 0.481 e. The zero-order valence-corrected chi connectivity index (χ0v) is 8.08. The van der Waals surface area contributed by atoms with Crippen LogP contribution >= 0.6 is 0 Å². The Labute approximate surface area is 81.7 Å². The molecular formula is C9H13N3O2. The Hall–Kier alpha value is -1.36. The summed E-state index contributed by atoms with van der Waals surface area (Å²) in [5.74, 6) is -0.821. The Bertz CT molecular complexity index is 359. The summed E-state index contributed by atoms with van der Waals surface area (Å²) < 4.78 is 0. The van der Waals surface area contributed by atoms with Crippen LogP contribution in [0.5, 0.6) is 0 Å². The van der Waals surface area contributed by atoms with Gasteiger partial charge in [0.2, 0.25) is 0 Å². The van der Waals surface area contributed by atoms with Crippen LogP contribution in [0.2, 0.25) is 0 Å². The Balaban J connectivity index is 2.24. The summed E-state index contributed by atoms with van der Waals surface area (Å²) in [6, 6.07) is 0. The van der Waals surface area contributed by atoms with Gasteiger partial charge in [0.1, 0.15) is 0 Å². The summed E-state index contributed by atoms with van der Waals surface area (Å²) in [5.41, 5.74) is 2.86. The second-order valence-corrected chi connectivity index (χ2v) is 3.69. The number of hydrogen-bond acceptors (Lipinski definition) is 3. The molecule has 0 saturated carbocycles. The lowest BCUT2D eigenvalue weighted by molar-refractivity contribution is -0.136. The van der Waals surface area contributed by atoms with Gasteiger partial charge >= 0.3 is 5.97 Å². The predicted octanol–water partition coefficient (Wildman–Crippen LogP) is 0.0247. The fourth-order valence-corrected chi connectivity index (χ4v) is 1.81. The fourth-order valence-electron chi connectivity index (χ4n) is 1.81. The molecule has 0 atom stereocenters.